The molecule has 128 valence electrons. The van der Waals surface area contributed by atoms with E-state index in [4.69, 9.17) is 5.73 Å². The van der Waals surface area contributed by atoms with E-state index in [1.807, 2.05) is 6.92 Å². The molecule has 6 atom stereocenters. The molecule has 2 saturated carbocycles. The zero-order valence-corrected chi connectivity index (χ0v) is 14.3. The highest BCUT2D eigenvalue weighted by Crippen LogP contribution is 2.55. The van der Waals surface area contributed by atoms with E-state index in [9.17, 15) is 15.2 Å². The first-order valence-corrected chi connectivity index (χ1v) is 8.94. The van der Waals surface area contributed by atoms with E-state index in [2.05, 4.69) is 13.0 Å². The Bertz CT molecular complexity index is 523. The van der Waals surface area contributed by atoms with Gasteiger partial charge in [-0.2, -0.15) is 5.26 Å². The van der Waals surface area contributed by atoms with Gasteiger partial charge in [-0.05, 0) is 69.1 Å². The van der Waals surface area contributed by atoms with Crippen LogP contribution in [0.4, 0.5) is 0 Å². The maximum Gasteiger partial charge on any atom is 0.241 e. The number of aliphatic hydroxyl groups is 1. The number of rotatable bonds is 2. The Labute approximate surface area is 138 Å². The lowest BCUT2D eigenvalue weighted by atomic mass is 9.53. The Morgan fingerprint density at radius 1 is 1.43 bits per heavy atom. The van der Waals surface area contributed by atoms with E-state index in [-0.39, 0.29) is 17.4 Å². The van der Waals surface area contributed by atoms with Crippen molar-refractivity contribution in [3.8, 4) is 6.07 Å². The molecule has 0 radical (unpaired) electrons. The van der Waals surface area contributed by atoms with Gasteiger partial charge < -0.3 is 15.7 Å². The average Bonchev–Trinajstić information content (AvgIpc) is 2.91. The zero-order valence-electron chi connectivity index (χ0n) is 14.3. The third-order valence-electron chi connectivity index (χ3n) is 6.26. The number of hydrogen-bond acceptors (Lipinski definition) is 4. The minimum atomic E-state index is -0.736. The van der Waals surface area contributed by atoms with Crippen LogP contribution in [0.2, 0.25) is 0 Å². The normalized spacial score (nSPS) is 44.7. The molecule has 2 bridgehead atoms. The topological polar surface area (TPSA) is 90.3 Å². The molecule has 23 heavy (non-hydrogen) atoms. The van der Waals surface area contributed by atoms with Crippen LogP contribution in [0, 0.1) is 28.6 Å². The molecule has 2 aliphatic carbocycles. The summed E-state index contributed by atoms with van der Waals surface area (Å²) in [5.41, 5.74) is 5.45. The Balaban J connectivity index is 1.85. The molecule has 6 unspecified atom stereocenters. The van der Waals surface area contributed by atoms with Gasteiger partial charge in [-0.3, -0.25) is 4.79 Å². The predicted molar refractivity (Wildman–Crippen MR) is 87.1 cm³/mol. The van der Waals surface area contributed by atoms with Gasteiger partial charge in [0.25, 0.3) is 0 Å². The molecule has 1 saturated heterocycles. The quantitative estimate of drug-likeness (QED) is 0.812. The largest absolute Gasteiger partial charge is 0.390 e. The number of nitrogens with zero attached hydrogens (tertiary/aromatic N) is 2. The fourth-order valence-electron chi connectivity index (χ4n) is 5.81. The molecule has 3 N–H and O–H groups in total. The molecule has 1 aliphatic heterocycles. The van der Waals surface area contributed by atoms with Gasteiger partial charge in [0.1, 0.15) is 6.04 Å². The number of likely N-dealkylation sites (tertiary alicyclic amines) is 1. The first-order chi connectivity index (χ1) is 10.8. The number of carbonyl (C=O) groups excluding carboxylic acids is 1. The molecule has 5 nitrogen and oxygen atoms in total. The van der Waals surface area contributed by atoms with Crippen LogP contribution >= 0.6 is 0 Å². The van der Waals surface area contributed by atoms with Crippen LogP contribution in [-0.4, -0.2) is 40.1 Å². The molecule has 3 aliphatic rings. The van der Waals surface area contributed by atoms with Crippen molar-refractivity contribution < 1.29 is 9.90 Å². The van der Waals surface area contributed by atoms with Gasteiger partial charge in [-0.25, -0.2) is 0 Å². The molecule has 5 heteroatoms. The SMILES string of the molecule is CC1CC2CC(C)(O)CC(C(N)C(=O)N3CCCC3C#N)(C1)C2. The standard InChI is InChI=1S/C18H29N3O2/c1-12-6-13-8-17(2,23)11-18(7-12,9-13)15(20)16(22)21-5-3-4-14(21)10-19/h12-15,23H,3-9,11,20H2,1-2H3. The van der Waals surface area contributed by atoms with Gasteiger partial charge in [0, 0.05) is 6.54 Å². The van der Waals surface area contributed by atoms with Gasteiger partial charge in [0.15, 0.2) is 0 Å². The van der Waals surface area contributed by atoms with Crippen molar-refractivity contribution in [3.05, 3.63) is 0 Å². The summed E-state index contributed by atoms with van der Waals surface area (Å²) in [6, 6.07) is 1.30. The summed E-state index contributed by atoms with van der Waals surface area (Å²) in [7, 11) is 0. The highest BCUT2D eigenvalue weighted by molar-refractivity contribution is 5.83. The number of hydrogen-bond donors (Lipinski definition) is 2. The third kappa shape index (κ3) is 2.99. The predicted octanol–water partition coefficient (Wildman–Crippen LogP) is 1.80. The lowest BCUT2D eigenvalue weighted by Gasteiger charge is -2.55. The number of nitriles is 1. The van der Waals surface area contributed by atoms with Crippen molar-refractivity contribution in [2.45, 2.75) is 76.5 Å². The molecule has 0 aromatic heterocycles. The van der Waals surface area contributed by atoms with Crippen LogP contribution in [0.1, 0.15) is 58.8 Å². The van der Waals surface area contributed by atoms with Gasteiger partial charge in [-0.15, -0.1) is 0 Å². The maximum absolute atomic E-state index is 13.0. The van der Waals surface area contributed by atoms with E-state index in [0.29, 0.717) is 24.8 Å². The first kappa shape index (κ1) is 16.7. The van der Waals surface area contributed by atoms with Crippen molar-refractivity contribution in [2.24, 2.45) is 23.0 Å². The van der Waals surface area contributed by atoms with Crippen molar-refractivity contribution in [3.63, 3.8) is 0 Å². The van der Waals surface area contributed by atoms with Crippen LogP contribution in [-0.2, 0) is 4.79 Å². The molecule has 0 aromatic carbocycles. The van der Waals surface area contributed by atoms with E-state index >= 15 is 0 Å². The molecule has 3 rings (SSSR count). The van der Waals surface area contributed by atoms with Crippen molar-refractivity contribution in [1.82, 2.24) is 4.90 Å². The van der Waals surface area contributed by atoms with E-state index in [1.165, 1.54) is 0 Å². The van der Waals surface area contributed by atoms with Crippen LogP contribution in [0.15, 0.2) is 0 Å². The van der Waals surface area contributed by atoms with Crippen molar-refractivity contribution >= 4 is 5.91 Å². The lowest BCUT2D eigenvalue weighted by Crippen LogP contribution is -2.60. The second-order valence-corrected chi connectivity index (χ2v) is 8.65. The molecule has 1 amide bonds. The summed E-state index contributed by atoms with van der Waals surface area (Å²) in [6.07, 6.45) is 5.98. The van der Waals surface area contributed by atoms with Gasteiger partial charge in [0.05, 0.1) is 17.7 Å². The monoisotopic (exact) mass is 319 g/mol. The minimum absolute atomic E-state index is 0.0837. The van der Waals surface area contributed by atoms with Crippen LogP contribution in [0.3, 0.4) is 0 Å². The minimum Gasteiger partial charge on any atom is -0.390 e. The Kier molecular flexibility index (Phi) is 4.18. The molecule has 3 fully saturated rings. The average molecular weight is 319 g/mol. The molecule has 0 aromatic rings. The van der Waals surface area contributed by atoms with Gasteiger partial charge >= 0.3 is 0 Å². The van der Waals surface area contributed by atoms with E-state index in [1.54, 1.807) is 4.90 Å². The summed E-state index contributed by atoms with van der Waals surface area (Å²) in [6.45, 7) is 4.75. The summed E-state index contributed by atoms with van der Waals surface area (Å²) in [5.74, 6) is 0.903. The molecular weight excluding hydrogens is 290 g/mol. The number of fused-ring (bicyclic) bond motifs is 2. The van der Waals surface area contributed by atoms with E-state index < -0.39 is 11.6 Å². The van der Waals surface area contributed by atoms with Crippen molar-refractivity contribution in [2.75, 3.05) is 6.54 Å². The molecule has 0 spiro atoms. The van der Waals surface area contributed by atoms with E-state index in [0.717, 1.165) is 38.5 Å². The first-order valence-electron chi connectivity index (χ1n) is 8.94. The molecule has 1 heterocycles. The smallest absolute Gasteiger partial charge is 0.241 e. The number of carbonyl (C=O) groups is 1. The zero-order chi connectivity index (χ0) is 16.8. The maximum atomic E-state index is 13.0. The van der Waals surface area contributed by atoms with Crippen LogP contribution in [0.25, 0.3) is 0 Å². The Morgan fingerprint density at radius 3 is 2.87 bits per heavy atom. The summed E-state index contributed by atoms with van der Waals surface area (Å²) < 4.78 is 0. The summed E-state index contributed by atoms with van der Waals surface area (Å²) in [5, 5.41) is 19.9. The number of amides is 1. The fraction of sp³-hybridized carbons (Fsp3) is 0.889. The van der Waals surface area contributed by atoms with Gasteiger partial charge in [-0.1, -0.05) is 6.92 Å². The Morgan fingerprint density at radius 2 is 2.17 bits per heavy atom. The lowest BCUT2D eigenvalue weighted by molar-refractivity contribution is -0.145. The van der Waals surface area contributed by atoms with Crippen molar-refractivity contribution in [1.29, 1.82) is 5.26 Å². The highest BCUT2D eigenvalue weighted by Gasteiger charge is 2.54. The van der Waals surface area contributed by atoms with Crippen LogP contribution < -0.4 is 5.73 Å². The third-order valence-corrected chi connectivity index (χ3v) is 6.26. The summed E-state index contributed by atoms with van der Waals surface area (Å²) in [4.78, 5) is 14.7. The highest BCUT2D eigenvalue weighted by atomic mass is 16.3. The summed E-state index contributed by atoms with van der Waals surface area (Å²) >= 11 is 0. The second kappa shape index (κ2) is 5.75. The molecular formula is C18H29N3O2. The van der Waals surface area contributed by atoms with Crippen LogP contribution in [0.5, 0.6) is 0 Å². The second-order valence-electron chi connectivity index (χ2n) is 8.65. The Hall–Kier alpha value is -1.12. The fourth-order valence-corrected chi connectivity index (χ4v) is 5.81. The van der Waals surface area contributed by atoms with Gasteiger partial charge in [0.2, 0.25) is 5.91 Å². The number of nitrogens with two attached hydrogens (primary N) is 1.